The smallest absolute Gasteiger partial charge is 0.338 e. The van der Waals surface area contributed by atoms with Gasteiger partial charge in [0.25, 0.3) is 5.56 Å². The van der Waals surface area contributed by atoms with Crippen molar-refractivity contribution in [3.63, 3.8) is 0 Å². The fourth-order valence-corrected chi connectivity index (χ4v) is 5.41. The van der Waals surface area contributed by atoms with Crippen LogP contribution in [0.15, 0.2) is 62.8 Å². The van der Waals surface area contributed by atoms with Gasteiger partial charge in [0.15, 0.2) is 4.80 Å². The van der Waals surface area contributed by atoms with Crippen LogP contribution >= 0.6 is 22.7 Å². The van der Waals surface area contributed by atoms with E-state index >= 15 is 0 Å². The van der Waals surface area contributed by atoms with E-state index in [9.17, 15) is 14.4 Å². The molecule has 1 aromatic carbocycles. The molecule has 4 rings (SSSR count). The fourth-order valence-electron chi connectivity index (χ4n) is 3.54. The van der Waals surface area contributed by atoms with E-state index in [0.717, 1.165) is 10.4 Å². The quantitative estimate of drug-likeness (QED) is 0.282. The van der Waals surface area contributed by atoms with Crippen LogP contribution in [0.2, 0.25) is 0 Å². The van der Waals surface area contributed by atoms with Crippen LogP contribution < -0.4 is 19.6 Å². The van der Waals surface area contributed by atoms with Crippen molar-refractivity contribution in [2.45, 2.75) is 19.9 Å². The Morgan fingerprint density at radius 3 is 2.59 bits per heavy atom. The topological polar surface area (TPSA) is 96.2 Å². The molecule has 0 saturated carbocycles. The molecule has 0 N–H and O–H groups in total. The van der Waals surface area contributed by atoms with Gasteiger partial charge in [-0.1, -0.05) is 29.5 Å². The van der Waals surface area contributed by atoms with Crippen molar-refractivity contribution in [3.8, 4) is 5.75 Å². The molecule has 0 fully saturated rings. The summed E-state index contributed by atoms with van der Waals surface area (Å²) in [7, 11) is 1.53. The molecular formula is C24H22N2O6S2. The summed E-state index contributed by atoms with van der Waals surface area (Å²) in [5.74, 6) is -0.496. The normalized spacial score (nSPS) is 15.6. The number of hydrogen-bond donors (Lipinski definition) is 0. The number of benzene rings is 1. The number of carbonyl (C=O) groups is 2. The first-order valence-corrected chi connectivity index (χ1v) is 12.1. The molecule has 2 aromatic heterocycles. The van der Waals surface area contributed by atoms with Crippen LogP contribution in [0, 0.1) is 0 Å². The van der Waals surface area contributed by atoms with Crippen molar-refractivity contribution < 1.29 is 23.8 Å². The van der Waals surface area contributed by atoms with Gasteiger partial charge in [-0.2, -0.15) is 0 Å². The Labute approximate surface area is 203 Å². The third kappa shape index (κ3) is 4.93. The summed E-state index contributed by atoms with van der Waals surface area (Å²) in [4.78, 5) is 43.5. The molecule has 3 aromatic rings. The van der Waals surface area contributed by atoms with E-state index in [0.29, 0.717) is 26.4 Å². The van der Waals surface area contributed by atoms with E-state index in [1.54, 1.807) is 41.8 Å². The number of rotatable bonds is 7. The zero-order valence-corrected chi connectivity index (χ0v) is 20.4. The minimum absolute atomic E-state index is 0.108. The molecule has 1 atom stereocenters. The van der Waals surface area contributed by atoms with Crippen LogP contribution in [0.3, 0.4) is 0 Å². The molecule has 0 amide bonds. The lowest BCUT2D eigenvalue weighted by Gasteiger charge is -2.23. The molecule has 0 aliphatic carbocycles. The molecule has 0 spiro atoms. The average molecular weight is 499 g/mol. The maximum Gasteiger partial charge on any atom is 0.338 e. The minimum Gasteiger partial charge on any atom is -0.460 e. The highest BCUT2D eigenvalue weighted by Gasteiger charge is 2.34. The van der Waals surface area contributed by atoms with Gasteiger partial charge in [0.1, 0.15) is 18.4 Å². The van der Waals surface area contributed by atoms with Crippen LogP contribution in [0.4, 0.5) is 0 Å². The Morgan fingerprint density at radius 2 is 1.94 bits per heavy atom. The highest BCUT2D eigenvalue weighted by molar-refractivity contribution is 7.10. The molecule has 34 heavy (non-hydrogen) atoms. The third-order valence-corrected chi connectivity index (χ3v) is 6.92. The summed E-state index contributed by atoms with van der Waals surface area (Å²) >= 11 is 2.71. The number of hydrogen-bond acceptors (Lipinski definition) is 9. The van der Waals surface area contributed by atoms with Gasteiger partial charge in [-0.15, -0.1) is 11.3 Å². The number of ether oxygens (including phenoxy) is 3. The lowest BCUT2D eigenvalue weighted by Crippen LogP contribution is -2.39. The van der Waals surface area contributed by atoms with Crippen LogP contribution in [-0.4, -0.2) is 36.8 Å². The molecule has 0 bridgehead atoms. The van der Waals surface area contributed by atoms with Gasteiger partial charge < -0.3 is 14.2 Å². The number of allylic oxidation sites excluding steroid dienone is 1. The third-order valence-electron chi connectivity index (χ3n) is 5.01. The van der Waals surface area contributed by atoms with E-state index in [2.05, 4.69) is 4.99 Å². The zero-order valence-electron chi connectivity index (χ0n) is 18.8. The van der Waals surface area contributed by atoms with Gasteiger partial charge in [0.2, 0.25) is 0 Å². The van der Waals surface area contributed by atoms with Crippen molar-refractivity contribution in [2.24, 2.45) is 4.99 Å². The summed E-state index contributed by atoms with van der Waals surface area (Å²) in [6.45, 7) is 3.47. The second kappa shape index (κ2) is 10.3. The van der Waals surface area contributed by atoms with Gasteiger partial charge in [-0.3, -0.25) is 14.2 Å². The number of carbonyl (C=O) groups excluding carboxylic acids is 2. The molecule has 176 valence electrons. The molecule has 0 unspecified atom stereocenters. The maximum absolute atomic E-state index is 13.5. The Kier molecular flexibility index (Phi) is 7.20. The van der Waals surface area contributed by atoms with Crippen molar-refractivity contribution in [1.29, 1.82) is 0 Å². The Hall–Kier alpha value is -3.34. The molecule has 10 heteroatoms. The second-order valence-corrected chi connectivity index (χ2v) is 9.38. The molecule has 1 aliphatic heterocycles. The first-order valence-electron chi connectivity index (χ1n) is 10.4. The molecule has 8 nitrogen and oxygen atoms in total. The number of fused-ring (bicyclic) bond motifs is 1. The minimum atomic E-state index is -0.625. The second-order valence-electron chi connectivity index (χ2n) is 7.39. The highest BCUT2D eigenvalue weighted by Crippen LogP contribution is 2.33. The lowest BCUT2D eigenvalue weighted by molar-refractivity contribution is -0.140. The van der Waals surface area contributed by atoms with Gasteiger partial charge in [-0.05, 0) is 42.1 Å². The van der Waals surface area contributed by atoms with Gasteiger partial charge in [-0.25, -0.2) is 9.79 Å². The molecular weight excluding hydrogens is 476 g/mol. The van der Waals surface area contributed by atoms with Gasteiger partial charge in [0, 0.05) is 18.9 Å². The van der Waals surface area contributed by atoms with Crippen LogP contribution in [0.25, 0.3) is 6.08 Å². The summed E-state index contributed by atoms with van der Waals surface area (Å²) in [6.07, 6.45) is 1.75. The van der Waals surface area contributed by atoms with Gasteiger partial charge >= 0.3 is 11.9 Å². The number of thiophene rings is 1. The number of esters is 2. The molecule has 0 saturated heterocycles. The van der Waals surface area contributed by atoms with Crippen LogP contribution in [0.5, 0.6) is 5.75 Å². The predicted molar refractivity (Wildman–Crippen MR) is 129 cm³/mol. The first-order chi connectivity index (χ1) is 16.4. The van der Waals surface area contributed by atoms with Crippen molar-refractivity contribution in [3.05, 3.63) is 83.2 Å². The summed E-state index contributed by atoms with van der Waals surface area (Å²) in [6, 6.07) is 9.99. The lowest BCUT2D eigenvalue weighted by atomic mass is 10.0. The summed E-state index contributed by atoms with van der Waals surface area (Å²) in [5, 5.41) is 1.90. The maximum atomic E-state index is 13.5. The molecule has 0 radical (unpaired) electrons. The molecule has 3 heterocycles. The summed E-state index contributed by atoms with van der Waals surface area (Å²) < 4.78 is 17.4. The van der Waals surface area contributed by atoms with Crippen molar-refractivity contribution in [1.82, 2.24) is 4.57 Å². The standard InChI is InChI=1S/C24H22N2O6S2/c1-14-20(23(29)31-11-10-30-3)21(18-5-4-12-33-18)26-22(28)19(34-24(26)25-14)13-16-6-8-17(9-7-16)32-15(2)27/h4-9,12-13,21H,10-11H2,1-3H3/b19-13+/t21-/m0/s1. The zero-order chi connectivity index (χ0) is 24.2. The first kappa shape index (κ1) is 23.8. The van der Waals surface area contributed by atoms with E-state index in [1.165, 1.54) is 36.7 Å². The SMILES string of the molecule is COCCOC(=O)C1=C(C)N=c2s/c(=C/c3ccc(OC(C)=O)cc3)c(=O)n2[C@H]1c1cccs1. The molecule has 1 aliphatic rings. The van der Waals surface area contributed by atoms with Crippen LogP contribution in [0.1, 0.15) is 30.3 Å². The number of aromatic nitrogens is 1. The van der Waals surface area contributed by atoms with Crippen molar-refractivity contribution in [2.75, 3.05) is 20.3 Å². The van der Waals surface area contributed by atoms with Crippen LogP contribution in [-0.2, 0) is 19.1 Å². The number of nitrogens with zero attached hydrogens (tertiary/aromatic N) is 2. The number of thiazole rings is 1. The summed E-state index contributed by atoms with van der Waals surface area (Å²) in [5.41, 5.74) is 1.37. The Morgan fingerprint density at radius 1 is 1.18 bits per heavy atom. The van der Waals surface area contributed by atoms with E-state index in [-0.39, 0.29) is 18.8 Å². The fraction of sp³-hybridized carbons (Fsp3) is 0.250. The van der Waals surface area contributed by atoms with E-state index < -0.39 is 18.0 Å². The van der Waals surface area contributed by atoms with E-state index in [1.807, 2.05) is 17.5 Å². The Bertz CT molecular complexity index is 1420. The predicted octanol–water partition coefficient (Wildman–Crippen LogP) is 2.41. The number of methoxy groups -OCH3 is 1. The average Bonchev–Trinajstić information content (AvgIpc) is 3.43. The van der Waals surface area contributed by atoms with Crippen molar-refractivity contribution >= 4 is 40.7 Å². The Balaban J connectivity index is 1.78. The van der Waals surface area contributed by atoms with E-state index in [4.69, 9.17) is 14.2 Å². The van der Waals surface area contributed by atoms with Gasteiger partial charge in [0.05, 0.1) is 22.4 Å². The highest BCUT2D eigenvalue weighted by atomic mass is 32.1. The largest absolute Gasteiger partial charge is 0.460 e. The monoisotopic (exact) mass is 498 g/mol.